The monoisotopic (exact) mass is 330 g/mol. The van der Waals surface area contributed by atoms with Crippen LogP contribution >= 0.6 is 0 Å². The minimum atomic E-state index is -0.202. The molecule has 1 aromatic heterocycles. The minimum Gasteiger partial charge on any atom is -0.340 e. The lowest BCUT2D eigenvalue weighted by Crippen LogP contribution is -2.44. The largest absolute Gasteiger partial charge is 0.340 e. The predicted octanol–water partition coefficient (Wildman–Crippen LogP) is 0.0101. The van der Waals surface area contributed by atoms with E-state index in [1.54, 1.807) is 18.2 Å². The van der Waals surface area contributed by atoms with Gasteiger partial charge in [-0.15, -0.1) is 0 Å². The van der Waals surface area contributed by atoms with Crippen molar-refractivity contribution in [1.82, 2.24) is 15.3 Å². The lowest BCUT2D eigenvalue weighted by molar-refractivity contribution is -0.116. The Labute approximate surface area is 139 Å². The van der Waals surface area contributed by atoms with Crippen LogP contribution < -0.4 is 26.8 Å². The molecule has 0 bridgehead atoms. The quantitative estimate of drug-likeness (QED) is 0.614. The number of amides is 1. The maximum Gasteiger partial charge on any atom is 0.260 e. The van der Waals surface area contributed by atoms with Crippen molar-refractivity contribution in [3.8, 4) is 0 Å². The molecule has 3 rings (SSSR count). The van der Waals surface area contributed by atoms with E-state index in [1.165, 1.54) is 0 Å². The van der Waals surface area contributed by atoms with Gasteiger partial charge in [0.2, 0.25) is 11.9 Å². The number of aromatic amines is 1. The van der Waals surface area contributed by atoms with Crippen molar-refractivity contribution in [3.05, 3.63) is 28.6 Å². The summed E-state index contributed by atoms with van der Waals surface area (Å²) in [7, 11) is 0. The first-order chi connectivity index (χ1) is 11.7. The maximum absolute atomic E-state index is 12.4. The number of nitrogens with zero attached hydrogens (tertiary/aromatic N) is 2. The van der Waals surface area contributed by atoms with Crippen LogP contribution in [-0.2, 0) is 4.79 Å². The zero-order valence-corrected chi connectivity index (χ0v) is 13.5. The molecule has 1 saturated heterocycles. The van der Waals surface area contributed by atoms with E-state index >= 15 is 0 Å². The molecule has 8 nitrogen and oxygen atoms in total. The van der Waals surface area contributed by atoms with Gasteiger partial charge in [0.15, 0.2) is 0 Å². The highest BCUT2D eigenvalue weighted by molar-refractivity contribution is 5.93. The smallest absolute Gasteiger partial charge is 0.260 e. The molecule has 5 N–H and O–H groups in total. The molecular formula is C16H22N6O2. The first-order valence-electron chi connectivity index (χ1n) is 8.17. The number of benzene rings is 1. The van der Waals surface area contributed by atoms with Crippen LogP contribution in [-0.4, -0.2) is 48.6 Å². The van der Waals surface area contributed by atoms with Crippen molar-refractivity contribution >= 4 is 28.4 Å². The molecule has 2 aromatic rings. The summed E-state index contributed by atoms with van der Waals surface area (Å²) in [5.41, 5.74) is 6.40. The van der Waals surface area contributed by atoms with Crippen molar-refractivity contribution in [3.63, 3.8) is 0 Å². The van der Waals surface area contributed by atoms with Crippen molar-refractivity contribution in [2.24, 2.45) is 5.73 Å². The lowest BCUT2D eigenvalue weighted by atomic mass is 10.2. The molecule has 0 spiro atoms. The standard InChI is InChI=1S/C16H22N6O2/c17-5-1-2-14(23)19-11-3-4-13-12(10-11)15(24)21-16(20-13)22-8-6-18-7-9-22/h3-4,10,18H,1-2,5-9,17H2,(H,19,23)(H,20,21,24). The second kappa shape index (κ2) is 7.41. The van der Waals surface area contributed by atoms with Crippen LogP contribution in [0.25, 0.3) is 10.9 Å². The zero-order valence-electron chi connectivity index (χ0n) is 13.5. The third-order valence-electron chi connectivity index (χ3n) is 4.00. The first kappa shape index (κ1) is 16.4. The van der Waals surface area contributed by atoms with Crippen molar-refractivity contribution in [2.45, 2.75) is 12.8 Å². The average Bonchev–Trinajstić information content (AvgIpc) is 2.61. The molecule has 0 aliphatic carbocycles. The van der Waals surface area contributed by atoms with Crippen molar-refractivity contribution in [1.29, 1.82) is 0 Å². The Kier molecular flexibility index (Phi) is 5.07. The number of fused-ring (bicyclic) bond motifs is 1. The number of nitrogens with one attached hydrogen (secondary N) is 3. The second-order valence-corrected chi connectivity index (χ2v) is 5.80. The van der Waals surface area contributed by atoms with E-state index < -0.39 is 0 Å². The lowest BCUT2D eigenvalue weighted by Gasteiger charge is -2.27. The number of rotatable bonds is 5. The SMILES string of the molecule is NCCCC(=O)Nc1ccc2nc(N3CCNCC3)[nH]c(=O)c2c1. The Hall–Kier alpha value is -2.45. The normalized spacial score (nSPS) is 14.8. The molecule has 0 radical (unpaired) electrons. The summed E-state index contributed by atoms with van der Waals surface area (Å²) in [6.07, 6.45) is 1.00. The van der Waals surface area contributed by atoms with E-state index in [9.17, 15) is 9.59 Å². The highest BCUT2D eigenvalue weighted by Gasteiger charge is 2.14. The van der Waals surface area contributed by atoms with E-state index in [0.717, 1.165) is 26.2 Å². The molecule has 1 aliphatic rings. The Morgan fingerprint density at radius 2 is 2.12 bits per heavy atom. The van der Waals surface area contributed by atoms with Crippen LogP contribution in [0.1, 0.15) is 12.8 Å². The highest BCUT2D eigenvalue weighted by atomic mass is 16.1. The van der Waals surface area contributed by atoms with Crippen molar-refractivity contribution < 1.29 is 4.79 Å². The maximum atomic E-state index is 12.4. The third-order valence-corrected chi connectivity index (χ3v) is 4.00. The average molecular weight is 330 g/mol. The Bertz CT molecular complexity index is 782. The fourth-order valence-corrected chi connectivity index (χ4v) is 2.72. The number of piperazine rings is 1. The van der Waals surface area contributed by atoms with Gasteiger partial charge < -0.3 is 21.3 Å². The number of aromatic nitrogens is 2. The predicted molar refractivity (Wildman–Crippen MR) is 94.4 cm³/mol. The molecule has 1 aromatic carbocycles. The van der Waals surface area contributed by atoms with Crippen LogP contribution in [0, 0.1) is 0 Å². The molecule has 0 saturated carbocycles. The van der Waals surface area contributed by atoms with Crippen molar-refractivity contribution in [2.75, 3.05) is 42.9 Å². The van der Waals surface area contributed by atoms with Crippen LogP contribution in [0.2, 0.25) is 0 Å². The number of hydrogen-bond donors (Lipinski definition) is 4. The van der Waals surface area contributed by atoms with Crippen LogP contribution in [0.5, 0.6) is 0 Å². The van der Waals surface area contributed by atoms with E-state index in [-0.39, 0.29) is 11.5 Å². The summed E-state index contributed by atoms with van der Waals surface area (Å²) >= 11 is 0. The molecule has 0 unspecified atom stereocenters. The molecule has 0 atom stereocenters. The van der Waals surface area contributed by atoms with Crippen LogP contribution in [0.15, 0.2) is 23.0 Å². The van der Waals surface area contributed by atoms with Gasteiger partial charge in [0, 0.05) is 38.3 Å². The fourth-order valence-electron chi connectivity index (χ4n) is 2.72. The zero-order chi connectivity index (χ0) is 16.9. The van der Waals surface area contributed by atoms with Crippen LogP contribution in [0.4, 0.5) is 11.6 Å². The van der Waals surface area contributed by atoms with Gasteiger partial charge in [-0.2, -0.15) is 0 Å². The van der Waals surface area contributed by atoms with Gasteiger partial charge >= 0.3 is 0 Å². The molecule has 128 valence electrons. The second-order valence-electron chi connectivity index (χ2n) is 5.80. The van der Waals surface area contributed by atoms with Gasteiger partial charge in [-0.3, -0.25) is 14.6 Å². The van der Waals surface area contributed by atoms with Gasteiger partial charge in [0.25, 0.3) is 5.56 Å². The van der Waals surface area contributed by atoms with E-state index in [0.29, 0.717) is 41.9 Å². The summed E-state index contributed by atoms with van der Waals surface area (Å²) in [6.45, 7) is 3.84. The third kappa shape index (κ3) is 3.72. The number of nitrogens with two attached hydrogens (primary N) is 1. The fraction of sp³-hybridized carbons (Fsp3) is 0.438. The van der Waals surface area contributed by atoms with Gasteiger partial charge in [-0.1, -0.05) is 0 Å². The Balaban J connectivity index is 1.84. The van der Waals surface area contributed by atoms with Crippen LogP contribution in [0.3, 0.4) is 0 Å². The van der Waals surface area contributed by atoms with Gasteiger partial charge in [0.05, 0.1) is 10.9 Å². The Morgan fingerprint density at radius 3 is 2.88 bits per heavy atom. The topological polar surface area (TPSA) is 116 Å². The summed E-state index contributed by atoms with van der Waals surface area (Å²) in [4.78, 5) is 33.6. The number of carbonyl (C=O) groups is 1. The molecule has 1 fully saturated rings. The molecular weight excluding hydrogens is 308 g/mol. The summed E-state index contributed by atoms with van der Waals surface area (Å²) in [5.74, 6) is 0.482. The highest BCUT2D eigenvalue weighted by Crippen LogP contribution is 2.17. The number of H-pyrrole nitrogens is 1. The summed E-state index contributed by atoms with van der Waals surface area (Å²) in [5, 5.41) is 6.51. The molecule has 24 heavy (non-hydrogen) atoms. The number of anilines is 2. The minimum absolute atomic E-state index is 0.110. The molecule has 2 heterocycles. The van der Waals surface area contributed by atoms with Gasteiger partial charge in [0.1, 0.15) is 0 Å². The summed E-state index contributed by atoms with van der Waals surface area (Å²) in [6, 6.07) is 5.18. The molecule has 1 amide bonds. The first-order valence-corrected chi connectivity index (χ1v) is 8.17. The van der Waals surface area contributed by atoms with E-state index in [4.69, 9.17) is 5.73 Å². The molecule has 1 aliphatic heterocycles. The molecule has 8 heteroatoms. The van der Waals surface area contributed by atoms with Gasteiger partial charge in [-0.05, 0) is 31.2 Å². The number of hydrogen-bond acceptors (Lipinski definition) is 6. The van der Waals surface area contributed by atoms with E-state index in [2.05, 4.69) is 25.5 Å². The Morgan fingerprint density at radius 1 is 1.33 bits per heavy atom. The van der Waals surface area contributed by atoms with E-state index in [1.807, 2.05) is 0 Å². The summed E-state index contributed by atoms with van der Waals surface area (Å²) < 4.78 is 0. The number of carbonyl (C=O) groups excluding carboxylic acids is 1. The van der Waals surface area contributed by atoms with Gasteiger partial charge in [-0.25, -0.2) is 4.98 Å².